The third-order valence-electron chi connectivity index (χ3n) is 4.33. The van der Waals surface area contributed by atoms with Gasteiger partial charge in [0, 0.05) is 19.3 Å². The fourth-order valence-electron chi connectivity index (χ4n) is 3.40. The second-order valence-electron chi connectivity index (χ2n) is 6.13. The van der Waals surface area contributed by atoms with Crippen molar-refractivity contribution in [3.63, 3.8) is 0 Å². The Hall–Kier alpha value is -1.16. The van der Waals surface area contributed by atoms with Crippen molar-refractivity contribution in [1.82, 2.24) is 9.78 Å². The maximum absolute atomic E-state index is 12.8. The van der Waals surface area contributed by atoms with Gasteiger partial charge in [0.15, 0.2) is 5.78 Å². The Bertz CT molecular complexity index is 477. The van der Waals surface area contributed by atoms with Gasteiger partial charge in [0.1, 0.15) is 5.60 Å². The molecule has 1 aromatic heterocycles. The Kier molecular flexibility index (Phi) is 4.63. The van der Waals surface area contributed by atoms with Gasteiger partial charge >= 0.3 is 0 Å². The highest BCUT2D eigenvalue weighted by molar-refractivity contribution is 5.89. The maximum atomic E-state index is 12.8. The molecule has 1 aromatic rings. The first-order valence-electron chi connectivity index (χ1n) is 7.63. The molecule has 1 saturated carbocycles. The molecule has 0 aliphatic heterocycles. The van der Waals surface area contributed by atoms with Crippen LogP contribution in [0.2, 0.25) is 0 Å². The van der Waals surface area contributed by atoms with Gasteiger partial charge in [-0.3, -0.25) is 9.48 Å². The normalized spacial score (nSPS) is 26.7. The van der Waals surface area contributed by atoms with Gasteiger partial charge in [-0.1, -0.05) is 13.3 Å². The number of ether oxygens (including phenoxy) is 1. The molecule has 20 heavy (non-hydrogen) atoms. The van der Waals surface area contributed by atoms with Crippen LogP contribution in [-0.4, -0.2) is 27.8 Å². The van der Waals surface area contributed by atoms with E-state index in [0.717, 1.165) is 30.7 Å². The Balaban J connectivity index is 2.16. The molecule has 0 aromatic carbocycles. The minimum Gasteiger partial charge on any atom is -0.367 e. The summed E-state index contributed by atoms with van der Waals surface area (Å²) in [5.74, 6) is 0.779. The zero-order chi connectivity index (χ0) is 14.8. The van der Waals surface area contributed by atoms with E-state index in [9.17, 15) is 4.79 Å². The molecular weight excluding hydrogens is 252 g/mol. The van der Waals surface area contributed by atoms with Crippen LogP contribution >= 0.6 is 0 Å². The molecule has 2 rings (SSSR count). The average Bonchev–Trinajstić information content (AvgIpc) is 2.68. The van der Waals surface area contributed by atoms with E-state index in [4.69, 9.17) is 4.74 Å². The van der Waals surface area contributed by atoms with Gasteiger partial charge in [-0.25, -0.2) is 0 Å². The summed E-state index contributed by atoms with van der Waals surface area (Å²) >= 11 is 0. The van der Waals surface area contributed by atoms with Crippen molar-refractivity contribution in [2.75, 3.05) is 6.61 Å². The van der Waals surface area contributed by atoms with E-state index in [2.05, 4.69) is 12.0 Å². The third kappa shape index (κ3) is 3.11. The van der Waals surface area contributed by atoms with Crippen molar-refractivity contribution in [3.8, 4) is 0 Å². The van der Waals surface area contributed by atoms with Gasteiger partial charge in [0.05, 0.1) is 12.1 Å². The Labute approximate surface area is 121 Å². The molecule has 1 heterocycles. The van der Waals surface area contributed by atoms with Gasteiger partial charge in [-0.05, 0) is 45.1 Å². The number of carbonyl (C=O) groups is 1. The van der Waals surface area contributed by atoms with Crippen molar-refractivity contribution in [2.45, 2.75) is 58.5 Å². The number of nitrogens with zero attached hydrogens (tertiary/aromatic N) is 2. The molecule has 112 valence electrons. The maximum Gasteiger partial charge on any atom is 0.170 e. The van der Waals surface area contributed by atoms with Crippen molar-refractivity contribution >= 4 is 5.78 Å². The predicted molar refractivity (Wildman–Crippen MR) is 78.6 cm³/mol. The molecule has 0 amide bonds. The predicted octanol–water partition coefficient (Wildman–Crippen LogP) is 2.83. The third-order valence-corrected chi connectivity index (χ3v) is 4.33. The molecule has 0 N–H and O–H groups in total. The number of rotatable bonds is 5. The number of aromatic nitrogens is 2. The quantitative estimate of drug-likeness (QED) is 0.832. The molecule has 0 saturated heterocycles. The van der Waals surface area contributed by atoms with Crippen LogP contribution in [0.1, 0.15) is 50.9 Å². The van der Waals surface area contributed by atoms with Crippen LogP contribution in [0.3, 0.4) is 0 Å². The lowest BCUT2D eigenvalue weighted by Gasteiger charge is -2.38. The zero-order valence-corrected chi connectivity index (χ0v) is 13.1. The van der Waals surface area contributed by atoms with Crippen molar-refractivity contribution in [2.24, 2.45) is 13.0 Å². The lowest BCUT2D eigenvalue weighted by atomic mass is 9.75. The molecule has 1 fully saturated rings. The van der Waals surface area contributed by atoms with Crippen LogP contribution < -0.4 is 0 Å². The first-order chi connectivity index (χ1) is 9.47. The lowest BCUT2D eigenvalue weighted by Crippen LogP contribution is -2.46. The van der Waals surface area contributed by atoms with Gasteiger partial charge in [0.25, 0.3) is 0 Å². The number of Topliss-reactive ketones (excluding diaryl/α,β-unsaturated/α-hetero) is 1. The summed E-state index contributed by atoms with van der Waals surface area (Å²) in [6.45, 7) is 6.74. The van der Waals surface area contributed by atoms with E-state index in [-0.39, 0.29) is 5.78 Å². The standard InChI is InChI=1S/C16H26N2O2/c1-5-20-16(8-6-7-12(2)11-16)15(19)10-14-9-13(3)17-18(14)4/h9,12H,5-8,10-11H2,1-4H3. The van der Waals surface area contributed by atoms with Crippen LogP contribution in [0, 0.1) is 12.8 Å². The minimum absolute atomic E-state index is 0.217. The van der Waals surface area contributed by atoms with Crippen LogP contribution in [0.4, 0.5) is 0 Å². The van der Waals surface area contributed by atoms with Crippen molar-refractivity contribution < 1.29 is 9.53 Å². The summed E-state index contributed by atoms with van der Waals surface area (Å²) in [6, 6.07) is 1.99. The number of ketones is 1. The Morgan fingerprint density at radius 3 is 2.90 bits per heavy atom. The van der Waals surface area contributed by atoms with Crippen molar-refractivity contribution in [1.29, 1.82) is 0 Å². The van der Waals surface area contributed by atoms with E-state index in [1.165, 1.54) is 6.42 Å². The van der Waals surface area contributed by atoms with Crippen LogP contribution in [0.5, 0.6) is 0 Å². The summed E-state index contributed by atoms with van der Waals surface area (Å²) in [7, 11) is 1.90. The van der Waals surface area contributed by atoms with E-state index in [0.29, 0.717) is 18.9 Å². The summed E-state index contributed by atoms with van der Waals surface area (Å²) in [5.41, 5.74) is 1.37. The zero-order valence-electron chi connectivity index (χ0n) is 13.1. The molecule has 2 atom stereocenters. The monoisotopic (exact) mass is 278 g/mol. The largest absolute Gasteiger partial charge is 0.367 e. The fourth-order valence-corrected chi connectivity index (χ4v) is 3.40. The minimum atomic E-state index is -0.565. The topological polar surface area (TPSA) is 44.1 Å². The number of aryl methyl sites for hydroxylation is 2. The first kappa shape index (κ1) is 15.2. The van der Waals surface area contributed by atoms with Crippen molar-refractivity contribution in [3.05, 3.63) is 17.5 Å². The Morgan fingerprint density at radius 1 is 1.60 bits per heavy atom. The van der Waals surface area contributed by atoms with Gasteiger partial charge in [-0.15, -0.1) is 0 Å². The SMILES string of the molecule is CCOC1(C(=O)Cc2cc(C)nn2C)CCCC(C)C1. The lowest BCUT2D eigenvalue weighted by molar-refractivity contribution is -0.150. The summed E-state index contributed by atoms with van der Waals surface area (Å²) in [4.78, 5) is 12.8. The summed E-state index contributed by atoms with van der Waals surface area (Å²) in [5, 5.41) is 4.32. The van der Waals surface area contributed by atoms with Gasteiger partial charge in [0.2, 0.25) is 0 Å². The van der Waals surface area contributed by atoms with Crippen LogP contribution in [0.15, 0.2) is 6.07 Å². The van der Waals surface area contributed by atoms with E-state index in [1.54, 1.807) is 4.68 Å². The fraction of sp³-hybridized carbons (Fsp3) is 0.750. The molecule has 0 bridgehead atoms. The number of hydrogen-bond acceptors (Lipinski definition) is 3. The molecular formula is C16H26N2O2. The second-order valence-corrected chi connectivity index (χ2v) is 6.13. The first-order valence-corrected chi connectivity index (χ1v) is 7.63. The molecule has 1 aliphatic rings. The smallest absolute Gasteiger partial charge is 0.170 e. The molecule has 4 nitrogen and oxygen atoms in total. The molecule has 0 spiro atoms. The Morgan fingerprint density at radius 2 is 2.35 bits per heavy atom. The summed E-state index contributed by atoms with van der Waals surface area (Å²) in [6.07, 6.45) is 4.42. The summed E-state index contributed by atoms with van der Waals surface area (Å²) < 4.78 is 7.75. The average molecular weight is 278 g/mol. The molecule has 4 heteroatoms. The molecule has 2 unspecified atom stereocenters. The second kappa shape index (κ2) is 6.08. The number of carbonyl (C=O) groups excluding carboxylic acids is 1. The highest BCUT2D eigenvalue weighted by atomic mass is 16.5. The highest BCUT2D eigenvalue weighted by Gasteiger charge is 2.42. The van der Waals surface area contributed by atoms with E-state index >= 15 is 0 Å². The molecule has 1 aliphatic carbocycles. The van der Waals surface area contributed by atoms with Gasteiger partial charge < -0.3 is 4.74 Å². The van der Waals surface area contributed by atoms with E-state index in [1.807, 2.05) is 27.0 Å². The van der Waals surface area contributed by atoms with Crippen LogP contribution in [-0.2, 0) is 23.0 Å². The van der Waals surface area contributed by atoms with Gasteiger partial charge in [-0.2, -0.15) is 5.10 Å². The molecule has 0 radical (unpaired) electrons. The highest BCUT2D eigenvalue weighted by Crippen LogP contribution is 2.36. The number of hydrogen-bond donors (Lipinski definition) is 0. The van der Waals surface area contributed by atoms with Crippen LogP contribution in [0.25, 0.3) is 0 Å². The van der Waals surface area contributed by atoms with E-state index < -0.39 is 5.60 Å².